The van der Waals surface area contributed by atoms with Crippen LogP contribution in [-0.4, -0.2) is 40.1 Å². The first kappa shape index (κ1) is 18.5. The van der Waals surface area contributed by atoms with Crippen LogP contribution in [0.25, 0.3) is 11.0 Å². The summed E-state index contributed by atoms with van der Waals surface area (Å²) in [5.41, 5.74) is 1.82. The number of benzene rings is 2. The van der Waals surface area contributed by atoms with E-state index in [-0.39, 0.29) is 23.3 Å². The highest BCUT2D eigenvalue weighted by Gasteiger charge is 2.21. The number of nitrogens with zero attached hydrogens (tertiary/aromatic N) is 2. The summed E-state index contributed by atoms with van der Waals surface area (Å²) < 4.78 is 5.52. The van der Waals surface area contributed by atoms with E-state index in [2.05, 4.69) is 15.3 Å². The SMILES string of the molecule is O=C(NC[C@H]1CCCO1)c1cc([N+](=O)[O-])ccc1Sc1nc2ccccc2[nH]1. The number of carbonyl (C=O) groups is 1. The summed E-state index contributed by atoms with van der Waals surface area (Å²) in [7, 11) is 0. The second kappa shape index (κ2) is 7.99. The summed E-state index contributed by atoms with van der Waals surface area (Å²) in [6.45, 7) is 1.08. The molecule has 1 aromatic heterocycles. The number of aromatic amines is 1. The molecule has 8 nitrogen and oxygen atoms in total. The maximum absolute atomic E-state index is 12.7. The number of hydrogen-bond acceptors (Lipinski definition) is 6. The molecule has 0 aliphatic carbocycles. The Bertz CT molecular complexity index is 997. The van der Waals surface area contributed by atoms with E-state index in [4.69, 9.17) is 4.74 Å². The van der Waals surface area contributed by atoms with Gasteiger partial charge in [0.2, 0.25) is 0 Å². The van der Waals surface area contributed by atoms with Crippen molar-refractivity contribution in [1.29, 1.82) is 0 Å². The Morgan fingerprint density at radius 1 is 1.36 bits per heavy atom. The van der Waals surface area contributed by atoms with Gasteiger partial charge in [0.05, 0.1) is 27.6 Å². The smallest absolute Gasteiger partial charge is 0.270 e. The quantitative estimate of drug-likeness (QED) is 0.485. The number of fused-ring (bicyclic) bond motifs is 1. The fraction of sp³-hybridized carbons (Fsp3) is 0.263. The van der Waals surface area contributed by atoms with Gasteiger partial charge >= 0.3 is 0 Å². The second-order valence-electron chi connectivity index (χ2n) is 6.44. The molecule has 1 atom stereocenters. The number of nitro groups is 1. The second-order valence-corrected chi connectivity index (χ2v) is 7.47. The van der Waals surface area contributed by atoms with Crippen molar-refractivity contribution in [3.05, 3.63) is 58.1 Å². The van der Waals surface area contributed by atoms with Crippen LogP contribution in [0.1, 0.15) is 23.2 Å². The summed E-state index contributed by atoms with van der Waals surface area (Å²) in [6, 6.07) is 11.9. The number of aromatic nitrogens is 2. The van der Waals surface area contributed by atoms with Crippen molar-refractivity contribution >= 4 is 34.4 Å². The number of para-hydroxylation sites is 2. The number of imidazole rings is 1. The van der Waals surface area contributed by atoms with E-state index >= 15 is 0 Å². The van der Waals surface area contributed by atoms with Crippen LogP contribution in [0, 0.1) is 10.1 Å². The highest BCUT2D eigenvalue weighted by molar-refractivity contribution is 7.99. The van der Waals surface area contributed by atoms with Crippen molar-refractivity contribution in [1.82, 2.24) is 15.3 Å². The number of nitro benzene ring substituents is 1. The summed E-state index contributed by atoms with van der Waals surface area (Å²) >= 11 is 1.27. The standard InChI is InChI=1S/C19H18N4O4S/c24-18(20-11-13-4-3-9-27-13)14-10-12(23(25)26)7-8-17(14)28-19-21-15-5-1-2-6-16(15)22-19/h1-2,5-8,10,13H,3-4,9,11H2,(H,20,24)(H,21,22)/t13-/m1/s1. The molecule has 1 aliphatic rings. The van der Waals surface area contributed by atoms with Gasteiger partial charge in [-0.1, -0.05) is 23.9 Å². The van der Waals surface area contributed by atoms with Gasteiger partial charge in [-0.25, -0.2) is 4.98 Å². The monoisotopic (exact) mass is 398 g/mol. The average molecular weight is 398 g/mol. The van der Waals surface area contributed by atoms with Gasteiger partial charge in [0.25, 0.3) is 11.6 Å². The summed E-state index contributed by atoms with van der Waals surface area (Å²) in [6.07, 6.45) is 1.87. The topological polar surface area (TPSA) is 110 Å². The molecule has 1 aliphatic heterocycles. The average Bonchev–Trinajstić information content (AvgIpc) is 3.35. The number of non-ortho nitro benzene ring substituents is 1. The molecule has 2 heterocycles. The molecular weight excluding hydrogens is 380 g/mol. The Kier molecular flexibility index (Phi) is 5.27. The number of ether oxygens (including phenoxy) is 1. The minimum Gasteiger partial charge on any atom is -0.376 e. The third kappa shape index (κ3) is 4.00. The maximum Gasteiger partial charge on any atom is 0.270 e. The lowest BCUT2D eigenvalue weighted by Gasteiger charge is -2.12. The summed E-state index contributed by atoms with van der Waals surface area (Å²) in [5, 5.41) is 14.6. The van der Waals surface area contributed by atoms with Crippen LogP contribution in [0.3, 0.4) is 0 Å². The van der Waals surface area contributed by atoms with Crippen molar-refractivity contribution in [3.63, 3.8) is 0 Å². The van der Waals surface area contributed by atoms with Crippen LogP contribution in [0.5, 0.6) is 0 Å². The Morgan fingerprint density at radius 2 is 2.21 bits per heavy atom. The van der Waals surface area contributed by atoms with Crippen LogP contribution in [0.15, 0.2) is 52.5 Å². The van der Waals surface area contributed by atoms with E-state index in [1.165, 1.54) is 23.9 Å². The van der Waals surface area contributed by atoms with Crippen LogP contribution in [-0.2, 0) is 4.74 Å². The van der Waals surface area contributed by atoms with Gasteiger partial charge in [0.15, 0.2) is 5.16 Å². The molecule has 144 valence electrons. The van der Waals surface area contributed by atoms with E-state index in [1.54, 1.807) is 6.07 Å². The zero-order valence-corrected chi connectivity index (χ0v) is 15.7. The van der Waals surface area contributed by atoms with E-state index in [1.807, 2.05) is 24.3 Å². The van der Waals surface area contributed by atoms with Crippen molar-refractivity contribution in [2.75, 3.05) is 13.2 Å². The number of carbonyl (C=O) groups excluding carboxylic acids is 1. The molecule has 0 bridgehead atoms. The molecule has 0 unspecified atom stereocenters. The van der Waals surface area contributed by atoms with Gasteiger partial charge in [-0.05, 0) is 31.0 Å². The number of nitrogens with one attached hydrogen (secondary N) is 2. The highest BCUT2D eigenvalue weighted by atomic mass is 32.2. The summed E-state index contributed by atoms with van der Waals surface area (Å²) in [4.78, 5) is 31.7. The van der Waals surface area contributed by atoms with Crippen molar-refractivity contribution in [2.24, 2.45) is 0 Å². The first-order chi connectivity index (χ1) is 13.6. The Labute approximate surface area is 164 Å². The lowest BCUT2D eigenvalue weighted by Crippen LogP contribution is -2.32. The number of amides is 1. The van der Waals surface area contributed by atoms with Gasteiger partial charge in [0.1, 0.15) is 0 Å². The predicted molar refractivity (Wildman–Crippen MR) is 105 cm³/mol. The highest BCUT2D eigenvalue weighted by Crippen LogP contribution is 2.32. The van der Waals surface area contributed by atoms with Crippen molar-refractivity contribution in [3.8, 4) is 0 Å². The lowest BCUT2D eigenvalue weighted by molar-refractivity contribution is -0.384. The zero-order valence-electron chi connectivity index (χ0n) is 14.9. The van der Waals surface area contributed by atoms with Crippen LogP contribution in [0.2, 0.25) is 0 Å². The van der Waals surface area contributed by atoms with E-state index in [0.29, 0.717) is 23.2 Å². The lowest BCUT2D eigenvalue weighted by atomic mass is 10.1. The van der Waals surface area contributed by atoms with Crippen LogP contribution in [0.4, 0.5) is 5.69 Å². The number of hydrogen-bond donors (Lipinski definition) is 2. The minimum atomic E-state index is -0.507. The molecule has 9 heteroatoms. The molecule has 1 fully saturated rings. The number of rotatable bonds is 6. The Hall–Kier alpha value is -2.91. The van der Waals surface area contributed by atoms with E-state index < -0.39 is 4.92 Å². The first-order valence-corrected chi connectivity index (χ1v) is 9.72. The molecule has 4 rings (SSSR count). The van der Waals surface area contributed by atoms with E-state index in [0.717, 1.165) is 23.9 Å². The fourth-order valence-electron chi connectivity index (χ4n) is 3.09. The van der Waals surface area contributed by atoms with Crippen LogP contribution >= 0.6 is 11.8 Å². The zero-order chi connectivity index (χ0) is 19.5. The van der Waals surface area contributed by atoms with Crippen molar-refractivity contribution in [2.45, 2.75) is 29.0 Å². The third-order valence-corrected chi connectivity index (χ3v) is 5.47. The molecule has 28 heavy (non-hydrogen) atoms. The molecule has 0 spiro atoms. The van der Waals surface area contributed by atoms with Gasteiger partial charge in [-0.3, -0.25) is 14.9 Å². The molecule has 1 saturated heterocycles. The first-order valence-electron chi connectivity index (χ1n) is 8.91. The largest absolute Gasteiger partial charge is 0.376 e. The normalized spacial score (nSPS) is 16.4. The molecule has 2 N–H and O–H groups in total. The molecule has 3 aromatic rings. The molecular formula is C19H18N4O4S. The third-order valence-electron chi connectivity index (χ3n) is 4.51. The summed E-state index contributed by atoms with van der Waals surface area (Å²) in [5.74, 6) is -0.363. The van der Waals surface area contributed by atoms with Gasteiger partial charge in [0, 0.05) is 30.2 Å². The predicted octanol–water partition coefficient (Wildman–Crippen LogP) is 3.53. The molecule has 1 amide bonds. The Balaban J connectivity index is 1.59. The molecule has 2 aromatic carbocycles. The van der Waals surface area contributed by atoms with E-state index in [9.17, 15) is 14.9 Å². The van der Waals surface area contributed by atoms with Gasteiger partial charge < -0.3 is 15.0 Å². The molecule has 0 saturated carbocycles. The minimum absolute atomic E-state index is 0.00544. The number of H-pyrrole nitrogens is 1. The van der Waals surface area contributed by atoms with Crippen molar-refractivity contribution < 1.29 is 14.5 Å². The van der Waals surface area contributed by atoms with Gasteiger partial charge in [-0.15, -0.1) is 0 Å². The molecule has 0 radical (unpaired) electrons. The fourth-order valence-corrected chi connectivity index (χ4v) is 4.00. The van der Waals surface area contributed by atoms with Gasteiger partial charge in [-0.2, -0.15) is 0 Å². The maximum atomic E-state index is 12.7. The Morgan fingerprint density at radius 3 is 2.96 bits per heavy atom. The van der Waals surface area contributed by atoms with Crippen LogP contribution < -0.4 is 5.32 Å².